The molecule has 0 spiro atoms. The molecule has 0 aromatic heterocycles. The van der Waals surface area contributed by atoms with Gasteiger partial charge >= 0.3 is 0 Å². The van der Waals surface area contributed by atoms with Gasteiger partial charge in [0.15, 0.2) is 0 Å². The summed E-state index contributed by atoms with van der Waals surface area (Å²) in [6, 6.07) is 0.243. The van der Waals surface area contributed by atoms with Crippen molar-refractivity contribution >= 4 is 11.8 Å². The summed E-state index contributed by atoms with van der Waals surface area (Å²) in [5.41, 5.74) is 6.41. The van der Waals surface area contributed by atoms with E-state index in [4.69, 9.17) is 0 Å². The highest BCUT2D eigenvalue weighted by Crippen LogP contribution is 2.14. The molecule has 0 rings (SSSR count). The fraction of sp³-hybridized carbons (Fsp3) is 0.462. The van der Waals surface area contributed by atoms with Gasteiger partial charge in [-0.15, -0.1) is 0 Å². The van der Waals surface area contributed by atoms with E-state index in [2.05, 4.69) is 77.9 Å². The zero-order valence-corrected chi connectivity index (χ0v) is 19.6. The lowest BCUT2D eigenvalue weighted by Gasteiger charge is -2.19. The van der Waals surface area contributed by atoms with Crippen LogP contribution in [-0.2, 0) is 0 Å². The van der Waals surface area contributed by atoms with E-state index in [9.17, 15) is 0 Å². The fourth-order valence-electron chi connectivity index (χ4n) is 2.49. The Balaban J connectivity index is 4.22. The van der Waals surface area contributed by atoms with Crippen LogP contribution >= 0.6 is 11.8 Å². The van der Waals surface area contributed by atoms with Gasteiger partial charge < -0.3 is 5.32 Å². The molecule has 0 aliphatic rings. The highest BCUT2D eigenvalue weighted by atomic mass is 32.2. The highest BCUT2D eigenvalue weighted by Gasteiger charge is 2.08. The fourth-order valence-corrected chi connectivity index (χ4v) is 3.63. The summed E-state index contributed by atoms with van der Waals surface area (Å²) in [7, 11) is 0. The standard InChI is InChI=1S/C26H41NS/c1-9-10-17-25(8)27-26(22(4)5)20-28-19-18-24(7)16-12-15-23(6)14-11-13-21(2)3/h9-10,13,15,17-18,26-27H,1,4,8,11-12,14,16,19-20H2,2-3,5-7H3/b17-10+,23-15+,24-18+. The van der Waals surface area contributed by atoms with Gasteiger partial charge in [0, 0.05) is 17.2 Å². The Labute approximate surface area is 179 Å². The Kier molecular flexibility index (Phi) is 15.3. The molecule has 1 nitrogen and oxygen atoms in total. The van der Waals surface area contributed by atoms with Crippen molar-refractivity contribution in [3.63, 3.8) is 0 Å². The van der Waals surface area contributed by atoms with Crippen LogP contribution in [0.2, 0.25) is 0 Å². The molecule has 1 N–H and O–H groups in total. The first-order chi connectivity index (χ1) is 13.3. The zero-order chi connectivity index (χ0) is 21.4. The largest absolute Gasteiger partial charge is 0.378 e. The second-order valence-electron chi connectivity index (χ2n) is 7.66. The van der Waals surface area contributed by atoms with E-state index in [0.717, 1.165) is 42.0 Å². The maximum atomic E-state index is 4.10. The third-order valence-corrected chi connectivity index (χ3v) is 5.32. The first kappa shape index (κ1) is 26.3. The molecule has 0 bridgehead atoms. The number of hydrogen-bond donors (Lipinski definition) is 1. The molecular formula is C26H41NS. The first-order valence-electron chi connectivity index (χ1n) is 10.2. The molecule has 0 radical (unpaired) electrons. The summed E-state index contributed by atoms with van der Waals surface area (Å²) in [6.45, 7) is 22.7. The van der Waals surface area contributed by atoms with E-state index >= 15 is 0 Å². The lowest BCUT2D eigenvalue weighted by atomic mass is 10.1. The topological polar surface area (TPSA) is 12.0 Å². The second kappa shape index (κ2) is 16.3. The van der Waals surface area contributed by atoms with Crippen LogP contribution < -0.4 is 5.32 Å². The van der Waals surface area contributed by atoms with E-state index in [1.807, 2.05) is 23.9 Å². The Morgan fingerprint density at radius 2 is 1.54 bits per heavy atom. The summed E-state index contributed by atoms with van der Waals surface area (Å²) in [4.78, 5) is 0. The Morgan fingerprint density at radius 1 is 0.929 bits per heavy atom. The first-order valence-corrected chi connectivity index (χ1v) is 11.3. The van der Waals surface area contributed by atoms with Crippen LogP contribution in [0.25, 0.3) is 0 Å². The molecule has 28 heavy (non-hydrogen) atoms. The van der Waals surface area contributed by atoms with Gasteiger partial charge in [0.25, 0.3) is 0 Å². The zero-order valence-electron chi connectivity index (χ0n) is 18.8. The quantitative estimate of drug-likeness (QED) is 0.170. The van der Waals surface area contributed by atoms with Gasteiger partial charge in [0.05, 0.1) is 6.04 Å². The lowest BCUT2D eigenvalue weighted by molar-refractivity contribution is 0.719. The van der Waals surface area contributed by atoms with E-state index in [-0.39, 0.29) is 6.04 Å². The monoisotopic (exact) mass is 399 g/mol. The van der Waals surface area contributed by atoms with Crippen molar-refractivity contribution in [1.82, 2.24) is 5.32 Å². The molecular weight excluding hydrogens is 358 g/mol. The van der Waals surface area contributed by atoms with Crippen molar-refractivity contribution in [2.24, 2.45) is 0 Å². The molecule has 0 amide bonds. The number of hydrogen-bond acceptors (Lipinski definition) is 2. The van der Waals surface area contributed by atoms with Gasteiger partial charge in [-0.1, -0.05) is 72.4 Å². The molecule has 0 saturated carbocycles. The van der Waals surface area contributed by atoms with Crippen LogP contribution in [0.5, 0.6) is 0 Å². The molecule has 156 valence electrons. The molecule has 1 atom stereocenters. The summed E-state index contributed by atoms with van der Waals surface area (Å²) in [6.07, 6.45) is 17.3. The minimum Gasteiger partial charge on any atom is -0.378 e. The number of nitrogens with one attached hydrogen (secondary N) is 1. The third-order valence-electron chi connectivity index (χ3n) is 4.34. The number of thioether (sulfide) groups is 1. The average molecular weight is 400 g/mol. The van der Waals surface area contributed by atoms with Gasteiger partial charge in [0.1, 0.15) is 0 Å². The number of rotatable bonds is 15. The smallest absolute Gasteiger partial charge is 0.0558 e. The molecule has 0 aliphatic carbocycles. The minimum absolute atomic E-state index is 0.243. The maximum absolute atomic E-state index is 4.10. The van der Waals surface area contributed by atoms with Crippen molar-refractivity contribution < 1.29 is 0 Å². The van der Waals surface area contributed by atoms with Gasteiger partial charge in [0.2, 0.25) is 0 Å². The molecule has 0 fully saturated rings. The van der Waals surface area contributed by atoms with E-state index in [1.54, 1.807) is 6.08 Å². The van der Waals surface area contributed by atoms with Gasteiger partial charge in [-0.2, -0.15) is 11.8 Å². The second-order valence-corrected chi connectivity index (χ2v) is 8.74. The molecule has 1 unspecified atom stereocenters. The predicted molar refractivity (Wildman–Crippen MR) is 133 cm³/mol. The van der Waals surface area contributed by atoms with Crippen molar-refractivity contribution in [2.45, 2.75) is 66.3 Å². The van der Waals surface area contributed by atoms with Gasteiger partial charge in [-0.3, -0.25) is 0 Å². The van der Waals surface area contributed by atoms with Crippen LogP contribution in [0.15, 0.2) is 84.2 Å². The Hall–Kier alpha value is -1.67. The summed E-state index contributed by atoms with van der Waals surface area (Å²) >= 11 is 1.93. The molecule has 0 heterocycles. The molecule has 2 heteroatoms. The average Bonchev–Trinajstić information content (AvgIpc) is 2.61. The van der Waals surface area contributed by atoms with Crippen molar-refractivity contribution in [3.05, 3.63) is 84.2 Å². The lowest BCUT2D eigenvalue weighted by Crippen LogP contribution is -2.30. The van der Waals surface area contributed by atoms with E-state index in [0.29, 0.717) is 0 Å². The maximum Gasteiger partial charge on any atom is 0.0558 e. The van der Waals surface area contributed by atoms with Crippen molar-refractivity contribution in [3.8, 4) is 0 Å². The van der Waals surface area contributed by atoms with E-state index < -0.39 is 0 Å². The molecule has 0 aromatic carbocycles. The third kappa shape index (κ3) is 15.4. The normalized spacial score (nSPS) is 13.3. The van der Waals surface area contributed by atoms with Crippen LogP contribution in [0.4, 0.5) is 0 Å². The number of allylic oxidation sites excluding steroid dienone is 8. The van der Waals surface area contributed by atoms with Gasteiger partial charge in [-0.25, -0.2) is 0 Å². The minimum atomic E-state index is 0.243. The Morgan fingerprint density at radius 3 is 2.11 bits per heavy atom. The molecule has 0 saturated heterocycles. The highest BCUT2D eigenvalue weighted by molar-refractivity contribution is 7.99. The predicted octanol–water partition coefficient (Wildman–Crippen LogP) is 7.93. The molecule has 0 aliphatic heterocycles. The van der Waals surface area contributed by atoms with Gasteiger partial charge in [-0.05, 0) is 66.4 Å². The van der Waals surface area contributed by atoms with Crippen LogP contribution in [0.1, 0.15) is 60.3 Å². The SMILES string of the molecule is C=C/C=C/C(=C)NC(CSC/C=C(\C)CC/C=C(\C)CCC=C(C)C)C(=C)C. The Bertz CT molecular complexity index is 612. The van der Waals surface area contributed by atoms with Crippen molar-refractivity contribution in [1.29, 1.82) is 0 Å². The van der Waals surface area contributed by atoms with Crippen LogP contribution in [0, 0.1) is 0 Å². The van der Waals surface area contributed by atoms with Crippen LogP contribution in [0.3, 0.4) is 0 Å². The summed E-state index contributed by atoms with van der Waals surface area (Å²) < 4.78 is 0. The summed E-state index contributed by atoms with van der Waals surface area (Å²) in [5.74, 6) is 2.03. The van der Waals surface area contributed by atoms with Crippen molar-refractivity contribution in [2.75, 3.05) is 11.5 Å². The molecule has 0 aromatic rings. The van der Waals surface area contributed by atoms with Crippen LogP contribution in [-0.4, -0.2) is 17.5 Å². The summed E-state index contributed by atoms with van der Waals surface area (Å²) in [5, 5.41) is 3.43. The van der Waals surface area contributed by atoms with E-state index in [1.165, 1.54) is 23.1 Å².